The van der Waals surface area contributed by atoms with Crippen molar-refractivity contribution in [3.05, 3.63) is 58.8 Å². The fraction of sp³-hybridized carbons (Fsp3) is 0.0909. The molecule has 2 nitrogen and oxygen atoms in total. The van der Waals surface area contributed by atoms with E-state index in [1.54, 1.807) is 24.3 Å². The lowest BCUT2D eigenvalue weighted by Gasteiger charge is -2.10. The number of benzene rings is 1. The van der Waals surface area contributed by atoms with Crippen LogP contribution < -0.4 is 5.73 Å². The number of halogens is 2. The van der Waals surface area contributed by atoms with Crippen LogP contribution in [0.1, 0.15) is 17.4 Å². The van der Waals surface area contributed by atoms with Gasteiger partial charge in [-0.2, -0.15) is 0 Å². The molecule has 2 aromatic rings. The summed E-state index contributed by atoms with van der Waals surface area (Å²) in [5.74, 6) is 0.0132. The van der Waals surface area contributed by atoms with Crippen molar-refractivity contribution in [2.75, 3.05) is 0 Å². The summed E-state index contributed by atoms with van der Waals surface area (Å²) >= 11 is 5.66. The maximum atomic E-state index is 13.6. The number of nitrogens with two attached hydrogens (primary N) is 1. The van der Waals surface area contributed by atoms with Crippen LogP contribution in [0, 0.1) is 5.82 Å². The Morgan fingerprint density at radius 3 is 2.73 bits per heavy atom. The van der Waals surface area contributed by atoms with Crippen LogP contribution in [0.4, 0.5) is 4.39 Å². The summed E-state index contributed by atoms with van der Waals surface area (Å²) in [6.45, 7) is 0. The van der Waals surface area contributed by atoms with Crippen molar-refractivity contribution >= 4 is 11.6 Å². The van der Waals surface area contributed by atoms with E-state index in [4.69, 9.17) is 21.8 Å². The quantitative estimate of drug-likeness (QED) is 0.853. The predicted octanol–water partition coefficient (Wildman–Crippen LogP) is 3.12. The molecule has 2 rings (SSSR count). The van der Waals surface area contributed by atoms with Gasteiger partial charge in [0, 0.05) is 5.56 Å². The summed E-state index contributed by atoms with van der Waals surface area (Å²) in [6.07, 6.45) is 1.50. The van der Waals surface area contributed by atoms with Crippen molar-refractivity contribution in [3.63, 3.8) is 0 Å². The van der Waals surface area contributed by atoms with Gasteiger partial charge in [0.1, 0.15) is 11.6 Å². The number of rotatable bonds is 2. The summed E-state index contributed by atoms with van der Waals surface area (Å²) in [4.78, 5) is 0. The van der Waals surface area contributed by atoms with Crippen LogP contribution in [0.3, 0.4) is 0 Å². The van der Waals surface area contributed by atoms with Gasteiger partial charge in [0.05, 0.1) is 17.3 Å². The third-order valence-corrected chi connectivity index (χ3v) is 2.46. The molecule has 15 heavy (non-hydrogen) atoms. The summed E-state index contributed by atoms with van der Waals surface area (Å²) in [6, 6.07) is 7.51. The molecule has 0 saturated carbocycles. The van der Waals surface area contributed by atoms with Gasteiger partial charge >= 0.3 is 0 Å². The largest absolute Gasteiger partial charge is 0.467 e. The first kappa shape index (κ1) is 10.2. The van der Waals surface area contributed by atoms with Gasteiger partial charge in [-0.25, -0.2) is 4.39 Å². The van der Waals surface area contributed by atoms with Crippen LogP contribution in [0.2, 0.25) is 5.02 Å². The summed E-state index contributed by atoms with van der Waals surface area (Å²) in [5, 5.41) is 0.0644. The van der Waals surface area contributed by atoms with Crippen molar-refractivity contribution in [2.45, 2.75) is 6.04 Å². The molecule has 1 aromatic carbocycles. The Balaban J connectivity index is 2.42. The van der Waals surface area contributed by atoms with E-state index in [1.807, 2.05) is 0 Å². The smallest absolute Gasteiger partial charge is 0.147 e. The highest BCUT2D eigenvalue weighted by Gasteiger charge is 2.17. The SMILES string of the molecule is NC(c1ccco1)c1cccc(Cl)c1F. The topological polar surface area (TPSA) is 39.2 Å². The Hall–Kier alpha value is -1.32. The summed E-state index contributed by atoms with van der Waals surface area (Å²) < 4.78 is 18.7. The maximum Gasteiger partial charge on any atom is 0.147 e. The number of furan rings is 1. The van der Waals surface area contributed by atoms with Crippen LogP contribution in [0.5, 0.6) is 0 Å². The zero-order valence-electron chi connectivity index (χ0n) is 7.78. The number of hydrogen-bond donors (Lipinski definition) is 1. The molecule has 0 aliphatic heterocycles. The second-order valence-corrected chi connectivity index (χ2v) is 3.54. The van der Waals surface area contributed by atoms with Gasteiger partial charge in [0.25, 0.3) is 0 Å². The summed E-state index contributed by atoms with van der Waals surface area (Å²) in [5.41, 5.74) is 6.17. The highest BCUT2D eigenvalue weighted by atomic mass is 35.5. The van der Waals surface area contributed by atoms with Gasteiger partial charge in [-0.05, 0) is 18.2 Å². The van der Waals surface area contributed by atoms with Gasteiger partial charge in [-0.3, -0.25) is 0 Å². The van der Waals surface area contributed by atoms with Crippen molar-refractivity contribution in [2.24, 2.45) is 5.73 Å². The molecule has 4 heteroatoms. The molecule has 0 saturated heterocycles. The fourth-order valence-corrected chi connectivity index (χ4v) is 1.56. The molecule has 0 amide bonds. The Bertz CT molecular complexity index is 456. The third kappa shape index (κ3) is 1.89. The first-order valence-corrected chi connectivity index (χ1v) is 4.81. The maximum absolute atomic E-state index is 13.6. The number of hydrogen-bond acceptors (Lipinski definition) is 2. The summed E-state index contributed by atoms with van der Waals surface area (Å²) in [7, 11) is 0. The highest BCUT2D eigenvalue weighted by molar-refractivity contribution is 6.30. The Labute approximate surface area is 91.5 Å². The Morgan fingerprint density at radius 1 is 1.27 bits per heavy atom. The van der Waals surface area contributed by atoms with E-state index in [0.717, 1.165) is 0 Å². The molecule has 78 valence electrons. The second kappa shape index (κ2) is 4.04. The van der Waals surface area contributed by atoms with Gasteiger partial charge < -0.3 is 10.2 Å². The van der Waals surface area contributed by atoms with Gasteiger partial charge in [0.15, 0.2) is 0 Å². The van der Waals surface area contributed by atoms with Gasteiger partial charge in [-0.1, -0.05) is 23.7 Å². The van der Waals surface area contributed by atoms with Crippen LogP contribution >= 0.6 is 11.6 Å². The standard InChI is InChI=1S/C11H9ClFNO/c12-8-4-1-3-7(10(8)13)11(14)9-5-2-6-15-9/h1-6,11H,14H2. The monoisotopic (exact) mass is 225 g/mol. The molecule has 1 unspecified atom stereocenters. The van der Waals surface area contributed by atoms with E-state index in [2.05, 4.69) is 0 Å². The van der Waals surface area contributed by atoms with Crippen LogP contribution in [-0.4, -0.2) is 0 Å². The molecule has 0 radical (unpaired) electrons. The van der Waals surface area contributed by atoms with Crippen molar-refractivity contribution in [1.29, 1.82) is 0 Å². The van der Waals surface area contributed by atoms with Crippen LogP contribution in [0.25, 0.3) is 0 Å². The second-order valence-electron chi connectivity index (χ2n) is 3.14. The molecule has 0 fully saturated rings. The minimum absolute atomic E-state index is 0.0644. The molecule has 1 aromatic heterocycles. The lowest BCUT2D eigenvalue weighted by molar-refractivity contribution is 0.480. The average Bonchev–Trinajstić information content (AvgIpc) is 2.74. The van der Waals surface area contributed by atoms with Gasteiger partial charge in [0.2, 0.25) is 0 Å². The minimum Gasteiger partial charge on any atom is -0.467 e. The minimum atomic E-state index is -0.626. The van der Waals surface area contributed by atoms with Crippen molar-refractivity contribution in [1.82, 2.24) is 0 Å². The average molecular weight is 226 g/mol. The van der Waals surface area contributed by atoms with E-state index in [1.165, 1.54) is 12.3 Å². The van der Waals surface area contributed by atoms with E-state index < -0.39 is 11.9 Å². The lowest BCUT2D eigenvalue weighted by Crippen LogP contribution is -2.12. The molecular formula is C11H9ClFNO. The van der Waals surface area contributed by atoms with Crippen molar-refractivity contribution < 1.29 is 8.81 Å². The van der Waals surface area contributed by atoms with E-state index in [0.29, 0.717) is 11.3 Å². The normalized spacial score (nSPS) is 12.7. The molecule has 0 bridgehead atoms. The zero-order chi connectivity index (χ0) is 10.8. The van der Waals surface area contributed by atoms with Gasteiger partial charge in [-0.15, -0.1) is 0 Å². The predicted molar refractivity (Wildman–Crippen MR) is 56.1 cm³/mol. The lowest BCUT2D eigenvalue weighted by atomic mass is 10.1. The zero-order valence-corrected chi connectivity index (χ0v) is 8.54. The molecule has 1 atom stereocenters. The molecule has 2 N–H and O–H groups in total. The van der Waals surface area contributed by atoms with E-state index in [9.17, 15) is 4.39 Å². The first-order valence-electron chi connectivity index (χ1n) is 4.43. The van der Waals surface area contributed by atoms with Crippen LogP contribution in [0.15, 0.2) is 41.0 Å². The molecule has 0 spiro atoms. The highest BCUT2D eigenvalue weighted by Crippen LogP contribution is 2.26. The first-order chi connectivity index (χ1) is 7.20. The van der Waals surface area contributed by atoms with Crippen LogP contribution in [-0.2, 0) is 0 Å². The molecule has 1 heterocycles. The fourth-order valence-electron chi connectivity index (χ4n) is 1.38. The molecule has 0 aliphatic carbocycles. The Morgan fingerprint density at radius 2 is 2.07 bits per heavy atom. The third-order valence-electron chi connectivity index (χ3n) is 2.17. The molecular weight excluding hydrogens is 217 g/mol. The Kier molecular flexibility index (Phi) is 2.75. The van der Waals surface area contributed by atoms with Crippen molar-refractivity contribution in [3.8, 4) is 0 Å². The van der Waals surface area contributed by atoms with E-state index >= 15 is 0 Å². The molecule has 0 aliphatic rings. The van der Waals surface area contributed by atoms with E-state index in [-0.39, 0.29) is 5.02 Å².